The Hall–Kier alpha value is -1.15. The standard InChI is InChI=1S/C13H16N2/c1-9-4-12(7-14-6-9)10-2-3-11-8-15-13(11)5-10/h2,4,6-7,11,13,15H,3,5,8H2,1H3/t11-,13-/m0/s1. The molecule has 3 rings (SSSR count). The number of nitrogens with one attached hydrogen (secondary N) is 1. The molecule has 1 aromatic rings. The zero-order chi connectivity index (χ0) is 10.3. The summed E-state index contributed by atoms with van der Waals surface area (Å²) >= 11 is 0. The van der Waals surface area contributed by atoms with Gasteiger partial charge in [0.05, 0.1) is 0 Å². The van der Waals surface area contributed by atoms with Gasteiger partial charge in [0, 0.05) is 25.0 Å². The van der Waals surface area contributed by atoms with Crippen LogP contribution in [0, 0.1) is 12.8 Å². The van der Waals surface area contributed by atoms with Crippen molar-refractivity contribution in [2.45, 2.75) is 25.8 Å². The lowest BCUT2D eigenvalue weighted by Crippen LogP contribution is -2.53. The molecule has 0 spiro atoms. The first-order valence-electron chi connectivity index (χ1n) is 5.67. The number of hydrogen-bond donors (Lipinski definition) is 1. The van der Waals surface area contributed by atoms with Gasteiger partial charge in [0.15, 0.2) is 0 Å². The zero-order valence-corrected chi connectivity index (χ0v) is 9.03. The maximum absolute atomic E-state index is 4.26. The number of allylic oxidation sites excluding steroid dienone is 1. The molecule has 0 saturated carbocycles. The van der Waals surface area contributed by atoms with Gasteiger partial charge >= 0.3 is 0 Å². The van der Waals surface area contributed by atoms with E-state index in [2.05, 4.69) is 29.4 Å². The number of nitrogens with zero attached hydrogens (tertiary/aromatic N) is 1. The molecular weight excluding hydrogens is 184 g/mol. The summed E-state index contributed by atoms with van der Waals surface area (Å²) in [5.41, 5.74) is 4.03. The quantitative estimate of drug-likeness (QED) is 0.751. The summed E-state index contributed by atoms with van der Waals surface area (Å²) < 4.78 is 0. The van der Waals surface area contributed by atoms with Crippen LogP contribution in [0.5, 0.6) is 0 Å². The summed E-state index contributed by atoms with van der Waals surface area (Å²) in [6.07, 6.45) is 8.71. The smallest absolute Gasteiger partial charge is 0.0343 e. The second kappa shape index (κ2) is 3.46. The third-order valence-corrected chi connectivity index (χ3v) is 3.56. The van der Waals surface area contributed by atoms with Gasteiger partial charge in [0.2, 0.25) is 0 Å². The van der Waals surface area contributed by atoms with Crippen molar-refractivity contribution in [2.24, 2.45) is 5.92 Å². The van der Waals surface area contributed by atoms with Crippen LogP contribution in [-0.2, 0) is 0 Å². The molecule has 2 aliphatic rings. The SMILES string of the molecule is Cc1cncc(C2=CC[C@H]3CN[C@H]3C2)c1. The molecule has 2 heteroatoms. The molecule has 0 radical (unpaired) electrons. The van der Waals surface area contributed by atoms with Crippen LogP contribution in [0.4, 0.5) is 0 Å². The van der Waals surface area contributed by atoms with E-state index in [0.29, 0.717) is 0 Å². The number of hydrogen-bond acceptors (Lipinski definition) is 2. The molecular formula is C13H16N2. The number of pyridine rings is 1. The Morgan fingerprint density at radius 1 is 1.40 bits per heavy atom. The highest BCUT2D eigenvalue weighted by atomic mass is 15.0. The molecule has 15 heavy (non-hydrogen) atoms. The van der Waals surface area contributed by atoms with Crippen LogP contribution in [0.25, 0.3) is 5.57 Å². The number of aromatic nitrogens is 1. The van der Waals surface area contributed by atoms with Gasteiger partial charge in [-0.3, -0.25) is 4.98 Å². The molecule has 0 bridgehead atoms. The van der Waals surface area contributed by atoms with Crippen molar-refractivity contribution in [3.63, 3.8) is 0 Å². The second-order valence-corrected chi connectivity index (χ2v) is 4.69. The van der Waals surface area contributed by atoms with Gasteiger partial charge in [-0.15, -0.1) is 0 Å². The Morgan fingerprint density at radius 2 is 2.33 bits per heavy atom. The Morgan fingerprint density at radius 3 is 3.00 bits per heavy atom. The molecule has 0 aromatic carbocycles. The maximum Gasteiger partial charge on any atom is 0.0343 e. The first-order chi connectivity index (χ1) is 7.33. The summed E-state index contributed by atoms with van der Waals surface area (Å²) in [5.74, 6) is 0.895. The van der Waals surface area contributed by atoms with Crippen LogP contribution in [0.3, 0.4) is 0 Å². The molecule has 1 N–H and O–H groups in total. The summed E-state index contributed by atoms with van der Waals surface area (Å²) in [6.45, 7) is 3.31. The van der Waals surface area contributed by atoms with E-state index < -0.39 is 0 Å². The topological polar surface area (TPSA) is 24.9 Å². The molecule has 1 aliphatic carbocycles. The van der Waals surface area contributed by atoms with Crippen molar-refractivity contribution in [3.8, 4) is 0 Å². The summed E-state index contributed by atoms with van der Waals surface area (Å²) in [6, 6.07) is 2.96. The molecule has 0 unspecified atom stereocenters. The highest BCUT2D eigenvalue weighted by Crippen LogP contribution is 2.34. The second-order valence-electron chi connectivity index (χ2n) is 4.69. The molecule has 1 aromatic heterocycles. The van der Waals surface area contributed by atoms with E-state index >= 15 is 0 Å². The van der Waals surface area contributed by atoms with Crippen molar-refractivity contribution >= 4 is 5.57 Å². The molecule has 0 amide bonds. The molecule has 1 aliphatic heterocycles. The van der Waals surface area contributed by atoms with Gasteiger partial charge in [0.1, 0.15) is 0 Å². The Bertz CT molecular complexity index is 409. The highest BCUT2D eigenvalue weighted by molar-refractivity contribution is 5.67. The fourth-order valence-electron chi connectivity index (χ4n) is 2.52. The monoisotopic (exact) mass is 200 g/mol. The molecule has 78 valence electrons. The highest BCUT2D eigenvalue weighted by Gasteiger charge is 2.32. The fraction of sp³-hybridized carbons (Fsp3) is 0.462. The van der Waals surface area contributed by atoms with Crippen LogP contribution in [-0.4, -0.2) is 17.6 Å². The van der Waals surface area contributed by atoms with Gasteiger partial charge in [-0.05, 0) is 48.4 Å². The minimum Gasteiger partial charge on any atom is -0.313 e. The first-order valence-corrected chi connectivity index (χ1v) is 5.67. The zero-order valence-electron chi connectivity index (χ0n) is 9.03. The number of rotatable bonds is 1. The van der Waals surface area contributed by atoms with Crippen molar-refractivity contribution in [3.05, 3.63) is 35.7 Å². The number of fused-ring (bicyclic) bond motifs is 1. The van der Waals surface area contributed by atoms with Crippen LogP contribution < -0.4 is 5.32 Å². The van der Waals surface area contributed by atoms with E-state index in [1.807, 2.05) is 12.4 Å². The van der Waals surface area contributed by atoms with Crippen LogP contribution in [0.1, 0.15) is 24.0 Å². The predicted molar refractivity (Wildman–Crippen MR) is 61.5 cm³/mol. The van der Waals surface area contributed by atoms with Crippen LogP contribution in [0.15, 0.2) is 24.5 Å². The molecule has 2 heterocycles. The maximum atomic E-state index is 4.26. The molecule has 1 fully saturated rings. The lowest BCUT2D eigenvalue weighted by molar-refractivity contribution is 0.231. The Balaban J connectivity index is 1.88. The van der Waals surface area contributed by atoms with E-state index in [1.165, 1.54) is 36.1 Å². The average Bonchev–Trinajstić information content (AvgIpc) is 2.20. The minimum atomic E-state index is 0.727. The van der Waals surface area contributed by atoms with E-state index in [1.54, 1.807) is 0 Å². The Labute approximate surface area is 90.4 Å². The van der Waals surface area contributed by atoms with Crippen LogP contribution >= 0.6 is 0 Å². The fourth-order valence-corrected chi connectivity index (χ4v) is 2.52. The van der Waals surface area contributed by atoms with Gasteiger partial charge < -0.3 is 5.32 Å². The summed E-state index contributed by atoms with van der Waals surface area (Å²) in [7, 11) is 0. The average molecular weight is 200 g/mol. The van der Waals surface area contributed by atoms with Crippen molar-refractivity contribution in [2.75, 3.05) is 6.54 Å². The lowest BCUT2D eigenvalue weighted by atomic mass is 9.78. The van der Waals surface area contributed by atoms with E-state index in [0.717, 1.165) is 12.0 Å². The van der Waals surface area contributed by atoms with E-state index in [-0.39, 0.29) is 0 Å². The third-order valence-electron chi connectivity index (χ3n) is 3.56. The van der Waals surface area contributed by atoms with Crippen molar-refractivity contribution < 1.29 is 0 Å². The molecule has 2 nitrogen and oxygen atoms in total. The van der Waals surface area contributed by atoms with Crippen molar-refractivity contribution in [1.82, 2.24) is 10.3 Å². The molecule has 2 atom stereocenters. The summed E-state index contributed by atoms with van der Waals surface area (Å²) in [4.78, 5) is 4.26. The lowest BCUT2D eigenvalue weighted by Gasteiger charge is -2.41. The molecule has 1 saturated heterocycles. The van der Waals surface area contributed by atoms with Gasteiger partial charge in [-0.2, -0.15) is 0 Å². The third kappa shape index (κ3) is 1.59. The largest absolute Gasteiger partial charge is 0.313 e. The van der Waals surface area contributed by atoms with Gasteiger partial charge in [0.25, 0.3) is 0 Å². The van der Waals surface area contributed by atoms with Gasteiger partial charge in [-0.1, -0.05) is 6.08 Å². The number of aryl methyl sites for hydroxylation is 1. The van der Waals surface area contributed by atoms with Crippen LogP contribution in [0.2, 0.25) is 0 Å². The normalized spacial score (nSPS) is 29.0. The Kier molecular flexibility index (Phi) is 2.10. The van der Waals surface area contributed by atoms with E-state index in [4.69, 9.17) is 0 Å². The minimum absolute atomic E-state index is 0.727. The van der Waals surface area contributed by atoms with Crippen molar-refractivity contribution in [1.29, 1.82) is 0 Å². The predicted octanol–water partition coefficient (Wildman–Crippen LogP) is 2.16. The first kappa shape index (κ1) is 9.10. The summed E-state index contributed by atoms with van der Waals surface area (Å²) in [5, 5.41) is 3.50. The van der Waals surface area contributed by atoms with Gasteiger partial charge in [-0.25, -0.2) is 0 Å². The van der Waals surface area contributed by atoms with E-state index in [9.17, 15) is 0 Å².